The van der Waals surface area contributed by atoms with Crippen molar-refractivity contribution in [2.24, 2.45) is 9.98 Å². The molecule has 10 rings (SSSR count). The number of hydrogen-bond donors (Lipinski definition) is 4. The number of fused-ring (bicyclic) bond motifs is 12. The smallest absolute Gasteiger partial charge is 0.166 e. The highest BCUT2D eigenvalue weighted by atomic mass is 16.6. The summed E-state index contributed by atoms with van der Waals surface area (Å²) >= 11 is 0. The summed E-state index contributed by atoms with van der Waals surface area (Å²) in [5, 5.41) is 46.0. The Morgan fingerprint density at radius 3 is 1.04 bits per heavy atom. The molecule has 2 atom stereocenters. The summed E-state index contributed by atoms with van der Waals surface area (Å²) in [7, 11) is 0. The molecule has 1 fully saturated rings. The fourth-order valence-corrected chi connectivity index (χ4v) is 9.23. The van der Waals surface area contributed by atoms with Gasteiger partial charge >= 0.3 is 0 Å². The maximum absolute atomic E-state index is 11.8. The molecule has 2 aliphatic heterocycles. The van der Waals surface area contributed by atoms with Crippen LogP contribution in [0.25, 0.3) is 0 Å². The van der Waals surface area contributed by atoms with Crippen LogP contribution in [-0.2, 0) is 35.2 Å². The van der Waals surface area contributed by atoms with Gasteiger partial charge < -0.3 is 48.8 Å². The molecule has 0 spiro atoms. The molecule has 0 aromatic heterocycles. The first-order chi connectivity index (χ1) is 33.4. The Morgan fingerprint density at radius 1 is 0.353 bits per heavy atom. The van der Waals surface area contributed by atoms with E-state index in [2.05, 4.69) is 0 Å². The van der Waals surface area contributed by atoms with E-state index in [4.69, 9.17) is 38.4 Å². The summed E-state index contributed by atoms with van der Waals surface area (Å²) in [6.45, 7) is 1.95. The molecular weight excluding hydrogens is 861 g/mol. The molecule has 6 aromatic carbocycles. The third kappa shape index (κ3) is 11.0. The van der Waals surface area contributed by atoms with Gasteiger partial charge in [-0.15, -0.1) is 0 Å². The van der Waals surface area contributed by atoms with Crippen molar-refractivity contribution < 1.29 is 48.8 Å². The minimum atomic E-state index is -0.0962. The summed E-state index contributed by atoms with van der Waals surface area (Å²) < 4.78 is 37.0. The first-order valence-electron chi connectivity index (χ1n) is 23.6. The third-order valence-electron chi connectivity index (χ3n) is 12.8. The van der Waals surface area contributed by atoms with Gasteiger partial charge in [0.05, 0.1) is 38.5 Å². The Kier molecular flexibility index (Phi) is 15.0. The van der Waals surface area contributed by atoms with Crippen molar-refractivity contribution in [1.82, 2.24) is 0 Å². The number of aliphatic imine (C=N–C) groups is 2. The molecule has 4 N–H and O–H groups in total. The lowest BCUT2D eigenvalue weighted by Crippen LogP contribution is -2.27. The van der Waals surface area contributed by atoms with Crippen molar-refractivity contribution in [3.05, 3.63) is 165 Å². The third-order valence-corrected chi connectivity index (χ3v) is 12.8. The van der Waals surface area contributed by atoms with Crippen LogP contribution in [0.2, 0.25) is 0 Å². The second kappa shape index (κ2) is 22.2. The highest BCUT2D eigenvalue weighted by molar-refractivity contribution is 5.86. The number of nitrogens with zero attached hydrogens (tertiary/aromatic N) is 2. The molecule has 12 heteroatoms. The second-order valence-corrected chi connectivity index (χ2v) is 17.3. The quantitative estimate of drug-likeness (QED) is 0.108. The van der Waals surface area contributed by atoms with E-state index < -0.39 is 0 Å². The van der Waals surface area contributed by atoms with Crippen molar-refractivity contribution in [3.8, 4) is 46.0 Å². The Bertz CT molecular complexity index is 2480. The van der Waals surface area contributed by atoms with Gasteiger partial charge in [0.2, 0.25) is 0 Å². The van der Waals surface area contributed by atoms with E-state index in [1.807, 2.05) is 84.9 Å². The van der Waals surface area contributed by atoms with Gasteiger partial charge in [-0.1, -0.05) is 97.8 Å². The molecule has 1 saturated carbocycles. The predicted molar refractivity (Wildman–Crippen MR) is 261 cm³/mol. The van der Waals surface area contributed by atoms with Crippen LogP contribution in [0.4, 0.5) is 0 Å². The Hall–Kier alpha value is -7.02. The summed E-state index contributed by atoms with van der Waals surface area (Å²) in [6.07, 6.45) is 8.75. The molecule has 2 aliphatic carbocycles. The van der Waals surface area contributed by atoms with Crippen LogP contribution in [0.15, 0.2) is 119 Å². The van der Waals surface area contributed by atoms with E-state index in [-0.39, 0.29) is 87.9 Å². The lowest BCUT2D eigenvalue weighted by atomic mass is 9.91. The van der Waals surface area contributed by atoms with Crippen molar-refractivity contribution in [1.29, 1.82) is 0 Å². The lowest BCUT2D eigenvalue weighted by Gasteiger charge is -2.25. The second-order valence-electron chi connectivity index (χ2n) is 17.3. The maximum atomic E-state index is 11.8. The Labute approximate surface area is 397 Å². The van der Waals surface area contributed by atoms with Crippen LogP contribution < -0.4 is 18.9 Å². The first kappa shape index (κ1) is 46.1. The zero-order valence-electron chi connectivity index (χ0n) is 38.1. The largest absolute Gasteiger partial charge is 0.507 e. The molecule has 6 aromatic rings. The van der Waals surface area contributed by atoms with Crippen molar-refractivity contribution >= 4 is 12.4 Å². The number of ether oxygens (including phenoxy) is 6. The van der Waals surface area contributed by atoms with Crippen molar-refractivity contribution in [3.63, 3.8) is 0 Å². The average molecular weight is 919 g/mol. The number of phenolic OH excluding ortho intramolecular Hbond substituents is 4. The van der Waals surface area contributed by atoms with Crippen LogP contribution in [0.5, 0.6) is 46.0 Å². The Balaban J connectivity index is 1.01. The van der Waals surface area contributed by atoms with Crippen LogP contribution in [0, 0.1) is 0 Å². The molecular formula is C56H58N2O10. The van der Waals surface area contributed by atoms with Gasteiger partial charge in [0.1, 0.15) is 49.4 Å². The van der Waals surface area contributed by atoms with E-state index in [9.17, 15) is 20.4 Å². The van der Waals surface area contributed by atoms with Crippen LogP contribution >= 0.6 is 0 Å². The number of para-hydroxylation sites is 6. The van der Waals surface area contributed by atoms with Crippen LogP contribution in [0.3, 0.4) is 0 Å². The summed E-state index contributed by atoms with van der Waals surface area (Å²) in [4.78, 5) is 9.77. The summed E-state index contributed by atoms with van der Waals surface area (Å²) in [6, 6.07) is 34.1. The first-order valence-corrected chi connectivity index (χ1v) is 23.6. The van der Waals surface area contributed by atoms with Gasteiger partial charge in [0.25, 0.3) is 0 Å². The predicted octanol–water partition coefficient (Wildman–Crippen LogP) is 9.30. The molecule has 12 nitrogen and oxygen atoms in total. The zero-order valence-corrected chi connectivity index (χ0v) is 38.1. The Morgan fingerprint density at radius 2 is 0.676 bits per heavy atom. The number of rotatable bonds is 0. The number of hydrogen-bond acceptors (Lipinski definition) is 12. The van der Waals surface area contributed by atoms with Crippen molar-refractivity contribution in [2.75, 3.05) is 52.9 Å². The molecule has 68 heavy (non-hydrogen) atoms. The maximum Gasteiger partial charge on any atom is 0.166 e. The highest BCUT2D eigenvalue weighted by Crippen LogP contribution is 2.39. The lowest BCUT2D eigenvalue weighted by molar-refractivity contribution is 0.0753. The van der Waals surface area contributed by atoms with E-state index in [1.54, 1.807) is 36.7 Å². The van der Waals surface area contributed by atoms with Crippen molar-refractivity contribution in [2.45, 2.75) is 63.5 Å². The van der Waals surface area contributed by atoms with E-state index in [0.29, 0.717) is 59.8 Å². The SMILES string of the molecule is Oc1c2cccc1Cc1cccc3c1OCCOCCOc1cccc(c1O)C=NC1CCCCC1N=Cc1cccc(c1O)OCCOCCOc1c(cccc1Cc1cccc(c1O)C3)C2. The normalized spacial score (nSPS) is 18.4. The van der Waals surface area contributed by atoms with E-state index in [1.165, 1.54) is 0 Å². The van der Waals surface area contributed by atoms with Gasteiger partial charge in [-0.2, -0.15) is 0 Å². The molecule has 2 heterocycles. The van der Waals surface area contributed by atoms with Gasteiger partial charge in [-0.25, -0.2) is 0 Å². The molecule has 0 radical (unpaired) electrons. The van der Waals surface area contributed by atoms with Gasteiger partial charge in [0.15, 0.2) is 23.0 Å². The van der Waals surface area contributed by atoms with Gasteiger partial charge in [0, 0.05) is 49.2 Å². The molecule has 4 aliphatic rings. The van der Waals surface area contributed by atoms with Crippen LogP contribution in [-0.4, -0.2) is 97.8 Å². The molecule has 352 valence electrons. The molecule has 14 bridgehead atoms. The summed E-state index contributed by atoms with van der Waals surface area (Å²) in [5.74, 6) is 2.43. The number of benzene rings is 6. The molecule has 0 amide bonds. The van der Waals surface area contributed by atoms with E-state index >= 15 is 0 Å². The van der Waals surface area contributed by atoms with Gasteiger partial charge in [-0.05, 0) is 81.6 Å². The average Bonchev–Trinajstić information content (AvgIpc) is 3.34. The monoisotopic (exact) mass is 918 g/mol. The number of phenols is 4. The fraction of sp³-hybridized carbons (Fsp3) is 0.321. The van der Waals surface area contributed by atoms with E-state index in [0.717, 1.165) is 70.2 Å². The van der Waals surface area contributed by atoms with Gasteiger partial charge in [-0.3, -0.25) is 9.98 Å². The standard InChI is InChI=1S/C56H58N2O10/c59-51-37-9-3-11-39(51)33-43-15-6-16-44-34-40-12-4-10-38(52(40)60)32-42-14-5-13-41(31-37)55(42)67-29-25-63-23-27-65-49-21-7-17-45(53(49)61)35-57-47-19-1-2-20-48(47)58-36-46-18-8-22-50(54(46)62)66-28-24-64-26-30-68-56(43)44/h3-18,21-22,35-36,47-48,59-62H,1-2,19-20,23-34H2. The minimum Gasteiger partial charge on any atom is -0.507 e. The minimum absolute atomic E-state index is 0.00305. The molecule has 2 unspecified atom stereocenters. The highest BCUT2D eigenvalue weighted by Gasteiger charge is 2.25. The zero-order chi connectivity index (χ0) is 46.7. The fourth-order valence-electron chi connectivity index (χ4n) is 9.23. The summed E-state index contributed by atoms with van der Waals surface area (Å²) in [5.41, 5.74) is 7.65. The topological polar surface area (TPSA) is 161 Å². The molecule has 0 saturated heterocycles. The number of aromatic hydroxyl groups is 4. The van der Waals surface area contributed by atoms with Crippen LogP contribution in [0.1, 0.15) is 81.3 Å².